The van der Waals surface area contributed by atoms with Crippen molar-refractivity contribution >= 4 is 17.2 Å². The molecule has 106 valence electrons. The van der Waals surface area contributed by atoms with Gasteiger partial charge in [-0.25, -0.2) is 4.98 Å². The number of aryl methyl sites for hydroxylation is 3. The van der Waals surface area contributed by atoms with Crippen LogP contribution in [0.15, 0.2) is 4.42 Å². The van der Waals surface area contributed by atoms with Gasteiger partial charge in [-0.2, -0.15) is 0 Å². The number of nitrogens with zero attached hydrogens (tertiary/aromatic N) is 1. The molecule has 2 aromatic heterocycles. The summed E-state index contributed by atoms with van der Waals surface area (Å²) in [6.45, 7) is 7.85. The maximum atomic E-state index is 12.2. The van der Waals surface area contributed by atoms with Crippen molar-refractivity contribution < 1.29 is 9.21 Å². The molecule has 20 heavy (non-hydrogen) atoms. The van der Waals surface area contributed by atoms with Crippen molar-refractivity contribution in [3.63, 3.8) is 0 Å². The third-order valence-corrected chi connectivity index (χ3v) is 4.50. The predicted molar refractivity (Wildman–Crippen MR) is 79.3 cm³/mol. The first-order valence-corrected chi connectivity index (χ1v) is 7.68. The summed E-state index contributed by atoms with van der Waals surface area (Å²) in [6, 6.07) is 0.0982. The zero-order valence-electron chi connectivity index (χ0n) is 12.2. The molecule has 0 unspecified atom stereocenters. The molecule has 2 aromatic rings. The van der Waals surface area contributed by atoms with Gasteiger partial charge < -0.3 is 9.73 Å². The van der Waals surface area contributed by atoms with Gasteiger partial charge in [-0.1, -0.05) is 0 Å². The number of thiazole rings is 1. The molecule has 0 aromatic carbocycles. The van der Waals surface area contributed by atoms with E-state index in [1.54, 1.807) is 11.3 Å². The first-order valence-electron chi connectivity index (χ1n) is 6.87. The predicted octanol–water partition coefficient (Wildman–Crippen LogP) is 3.26. The Bertz CT molecular complexity index is 682. The lowest BCUT2D eigenvalue weighted by molar-refractivity contribution is 0.0912. The lowest BCUT2D eigenvalue weighted by Gasteiger charge is -2.09. The molecule has 2 heterocycles. The minimum atomic E-state index is -0.139. The standard InChI is InChI=1S/C15H18N2O2S/c1-7(2)16-15(18)14-8(3)12-10(19-14)5-6-11-13(12)17-9(4)20-11/h7H,5-6H2,1-4H3,(H,16,18). The minimum Gasteiger partial charge on any atom is -0.455 e. The average Bonchev–Trinajstić information content (AvgIpc) is 2.88. The van der Waals surface area contributed by atoms with Gasteiger partial charge in [0.2, 0.25) is 0 Å². The SMILES string of the molecule is Cc1nc2c(s1)CCc1oc(C(=O)NC(C)C)c(C)c1-2. The largest absolute Gasteiger partial charge is 0.455 e. The fourth-order valence-electron chi connectivity index (χ4n) is 2.66. The molecular weight excluding hydrogens is 272 g/mol. The molecule has 0 saturated heterocycles. The molecule has 1 aliphatic carbocycles. The summed E-state index contributed by atoms with van der Waals surface area (Å²) in [6.07, 6.45) is 1.80. The van der Waals surface area contributed by atoms with Gasteiger partial charge in [0.15, 0.2) is 5.76 Å². The highest BCUT2D eigenvalue weighted by molar-refractivity contribution is 7.12. The molecule has 0 spiro atoms. The van der Waals surface area contributed by atoms with Crippen LogP contribution >= 0.6 is 11.3 Å². The molecule has 0 atom stereocenters. The van der Waals surface area contributed by atoms with E-state index in [2.05, 4.69) is 10.3 Å². The van der Waals surface area contributed by atoms with Gasteiger partial charge in [0.05, 0.1) is 10.7 Å². The van der Waals surface area contributed by atoms with E-state index in [4.69, 9.17) is 4.42 Å². The summed E-state index contributed by atoms with van der Waals surface area (Å²) < 4.78 is 5.82. The fraction of sp³-hybridized carbons (Fsp3) is 0.467. The molecule has 3 rings (SSSR count). The number of rotatable bonds is 2. The van der Waals surface area contributed by atoms with Crippen molar-refractivity contribution in [2.24, 2.45) is 0 Å². The highest BCUT2D eigenvalue weighted by Gasteiger charge is 2.29. The van der Waals surface area contributed by atoms with Crippen LogP contribution in [0.3, 0.4) is 0 Å². The van der Waals surface area contributed by atoms with E-state index < -0.39 is 0 Å². The number of hydrogen-bond acceptors (Lipinski definition) is 4. The monoisotopic (exact) mass is 290 g/mol. The number of carbonyl (C=O) groups is 1. The second-order valence-electron chi connectivity index (χ2n) is 5.49. The van der Waals surface area contributed by atoms with E-state index in [9.17, 15) is 4.79 Å². The molecule has 1 N–H and O–H groups in total. The van der Waals surface area contributed by atoms with Crippen molar-refractivity contribution in [3.05, 3.63) is 27.0 Å². The van der Waals surface area contributed by atoms with Gasteiger partial charge >= 0.3 is 0 Å². The number of hydrogen-bond donors (Lipinski definition) is 1. The molecule has 5 heteroatoms. The summed E-state index contributed by atoms with van der Waals surface area (Å²) in [5.41, 5.74) is 2.95. The van der Waals surface area contributed by atoms with Gasteiger partial charge in [0.25, 0.3) is 5.91 Å². The van der Waals surface area contributed by atoms with Crippen molar-refractivity contribution in [2.45, 2.75) is 46.6 Å². The van der Waals surface area contributed by atoms with Crippen LogP contribution in [0.1, 0.15) is 45.6 Å². The van der Waals surface area contributed by atoms with Crippen LogP contribution in [0.4, 0.5) is 0 Å². The second-order valence-corrected chi connectivity index (χ2v) is 6.77. The Morgan fingerprint density at radius 1 is 1.35 bits per heavy atom. The van der Waals surface area contributed by atoms with Crippen LogP contribution in [0.5, 0.6) is 0 Å². The molecule has 0 radical (unpaired) electrons. The fourth-order valence-corrected chi connectivity index (χ4v) is 3.61. The van der Waals surface area contributed by atoms with Crippen molar-refractivity contribution in [2.75, 3.05) is 0 Å². The molecule has 1 aliphatic rings. The van der Waals surface area contributed by atoms with Crippen molar-refractivity contribution in [1.29, 1.82) is 0 Å². The van der Waals surface area contributed by atoms with Crippen LogP contribution < -0.4 is 5.32 Å². The van der Waals surface area contributed by atoms with E-state index in [0.717, 1.165) is 40.4 Å². The van der Waals surface area contributed by atoms with Crippen LogP contribution in [-0.2, 0) is 12.8 Å². The maximum Gasteiger partial charge on any atom is 0.287 e. The molecule has 0 aliphatic heterocycles. The first kappa shape index (κ1) is 13.4. The van der Waals surface area contributed by atoms with Gasteiger partial charge in [0, 0.05) is 28.5 Å². The second kappa shape index (κ2) is 4.74. The Balaban J connectivity index is 2.08. The van der Waals surface area contributed by atoms with Crippen LogP contribution in [0.2, 0.25) is 0 Å². The quantitative estimate of drug-likeness (QED) is 0.923. The van der Waals surface area contributed by atoms with E-state index in [1.165, 1.54) is 4.88 Å². The van der Waals surface area contributed by atoms with E-state index in [-0.39, 0.29) is 11.9 Å². The number of aromatic nitrogens is 1. The molecule has 0 fully saturated rings. The van der Waals surface area contributed by atoms with Gasteiger partial charge in [-0.15, -0.1) is 11.3 Å². The van der Waals surface area contributed by atoms with Gasteiger partial charge in [-0.05, 0) is 34.1 Å². The van der Waals surface area contributed by atoms with Crippen LogP contribution in [-0.4, -0.2) is 16.9 Å². The lowest BCUT2D eigenvalue weighted by Crippen LogP contribution is -2.30. The molecule has 4 nitrogen and oxygen atoms in total. The summed E-state index contributed by atoms with van der Waals surface area (Å²) in [4.78, 5) is 18.1. The van der Waals surface area contributed by atoms with Crippen molar-refractivity contribution in [3.8, 4) is 11.3 Å². The molecule has 1 amide bonds. The lowest BCUT2D eigenvalue weighted by atomic mass is 9.97. The maximum absolute atomic E-state index is 12.2. The summed E-state index contributed by atoms with van der Waals surface area (Å²) >= 11 is 1.74. The minimum absolute atomic E-state index is 0.0982. The van der Waals surface area contributed by atoms with Gasteiger partial charge in [0.1, 0.15) is 5.76 Å². The number of fused-ring (bicyclic) bond motifs is 3. The summed E-state index contributed by atoms with van der Waals surface area (Å²) in [5.74, 6) is 1.19. The Hall–Kier alpha value is -1.62. The number of carbonyl (C=O) groups excluding carboxylic acids is 1. The zero-order valence-corrected chi connectivity index (χ0v) is 13.0. The zero-order chi connectivity index (χ0) is 14.4. The Labute approximate surface area is 122 Å². The Morgan fingerprint density at radius 3 is 2.80 bits per heavy atom. The average molecular weight is 290 g/mol. The molecule has 0 bridgehead atoms. The van der Waals surface area contributed by atoms with Crippen molar-refractivity contribution in [1.82, 2.24) is 10.3 Å². The normalized spacial score (nSPS) is 13.2. The Kier molecular flexibility index (Phi) is 3.17. The Morgan fingerprint density at radius 2 is 2.10 bits per heavy atom. The molecule has 0 saturated carbocycles. The van der Waals surface area contributed by atoms with E-state index >= 15 is 0 Å². The third kappa shape index (κ3) is 2.06. The highest BCUT2D eigenvalue weighted by atomic mass is 32.1. The smallest absolute Gasteiger partial charge is 0.287 e. The highest BCUT2D eigenvalue weighted by Crippen LogP contribution is 2.40. The summed E-state index contributed by atoms with van der Waals surface area (Å²) in [7, 11) is 0. The summed E-state index contributed by atoms with van der Waals surface area (Å²) in [5, 5.41) is 3.95. The van der Waals surface area contributed by atoms with E-state index in [0.29, 0.717) is 5.76 Å². The third-order valence-electron chi connectivity index (χ3n) is 3.47. The van der Waals surface area contributed by atoms with Crippen LogP contribution in [0, 0.1) is 13.8 Å². The topological polar surface area (TPSA) is 55.1 Å². The number of nitrogens with one attached hydrogen (secondary N) is 1. The first-order chi connectivity index (χ1) is 9.47. The van der Waals surface area contributed by atoms with Gasteiger partial charge in [-0.3, -0.25) is 4.79 Å². The molecular formula is C15H18N2O2S. The number of furan rings is 1. The van der Waals surface area contributed by atoms with Crippen LogP contribution in [0.25, 0.3) is 11.3 Å². The number of amides is 1. The van der Waals surface area contributed by atoms with E-state index in [1.807, 2.05) is 27.7 Å².